The smallest absolute Gasteiger partial charge is 0.408 e. The number of hydrogen-bond acceptors (Lipinski definition) is 4. The molecule has 6 heteroatoms. The molecule has 1 aliphatic heterocycles. The zero-order valence-electron chi connectivity index (χ0n) is 15.6. The summed E-state index contributed by atoms with van der Waals surface area (Å²) in [4.78, 5) is 16.3. The van der Waals surface area contributed by atoms with Crippen molar-refractivity contribution in [3.05, 3.63) is 94.9 Å². The molecule has 2 atom stereocenters. The Morgan fingerprint density at radius 2 is 1.86 bits per heavy atom. The van der Waals surface area contributed by atoms with Gasteiger partial charge in [0.05, 0.1) is 7.11 Å². The zero-order chi connectivity index (χ0) is 20.2. The van der Waals surface area contributed by atoms with Gasteiger partial charge in [-0.3, -0.25) is 0 Å². The van der Waals surface area contributed by atoms with Gasteiger partial charge in [-0.05, 0) is 35.9 Å². The molecule has 3 aromatic rings. The summed E-state index contributed by atoms with van der Waals surface area (Å²) < 4.78 is 24.5. The molecule has 5 nitrogen and oxygen atoms in total. The van der Waals surface area contributed by atoms with E-state index in [0.29, 0.717) is 22.6 Å². The van der Waals surface area contributed by atoms with Gasteiger partial charge in [0.15, 0.2) is 6.10 Å². The van der Waals surface area contributed by atoms with Crippen LogP contribution in [-0.2, 0) is 4.74 Å². The number of carbonyl (C=O) groups excluding carboxylic acids is 1. The molecule has 1 saturated heterocycles. The van der Waals surface area contributed by atoms with E-state index in [-0.39, 0.29) is 0 Å². The van der Waals surface area contributed by atoms with Crippen LogP contribution in [0, 0.1) is 17.7 Å². The minimum Gasteiger partial charge on any atom is -0.481 e. The second kappa shape index (κ2) is 8.03. The number of nitrogens with one attached hydrogen (secondary N) is 1. The molecule has 29 heavy (non-hydrogen) atoms. The van der Waals surface area contributed by atoms with E-state index >= 15 is 0 Å². The van der Waals surface area contributed by atoms with Crippen LogP contribution in [0.1, 0.15) is 34.4 Å². The van der Waals surface area contributed by atoms with Crippen molar-refractivity contribution in [2.75, 3.05) is 7.11 Å². The Hall–Kier alpha value is -3.85. The van der Waals surface area contributed by atoms with Gasteiger partial charge in [0, 0.05) is 22.9 Å². The van der Waals surface area contributed by atoms with Gasteiger partial charge in [-0.25, -0.2) is 14.2 Å². The molecule has 1 N–H and O–H groups in total. The maximum absolute atomic E-state index is 13.7. The Kier molecular flexibility index (Phi) is 5.12. The highest BCUT2D eigenvalue weighted by molar-refractivity contribution is 5.71. The minimum atomic E-state index is -0.716. The molecule has 2 aromatic carbocycles. The number of aromatic nitrogens is 1. The van der Waals surface area contributed by atoms with Crippen LogP contribution < -0.4 is 10.1 Å². The van der Waals surface area contributed by atoms with Gasteiger partial charge in [-0.1, -0.05) is 42.2 Å². The fourth-order valence-corrected chi connectivity index (χ4v) is 3.20. The van der Waals surface area contributed by atoms with E-state index < -0.39 is 24.1 Å². The molecule has 0 unspecified atom stereocenters. The predicted octanol–water partition coefficient (Wildman–Crippen LogP) is 4.15. The van der Waals surface area contributed by atoms with Crippen LogP contribution in [0.2, 0.25) is 0 Å². The molecule has 0 radical (unpaired) electrons. The van der Waals surface area contributed by atoms with Crippen LogP contribution in [-0.4, -0.2) is 18.2 Å². The summed E-state index contributed by atoms with van der Waals surface area (Å²) in [7, 11) is 1.50. The monoisotopic (exact) mass is 388 g/mol. The largest absolute Gasteiger partial charge is 0.481 e. The van der Waals surface area contributed by atoms with Gasteiger partial charge in [-0.15, -0.1) is 0 Å². The first-order valence-corrected chi connectivity index (χ1v) is 8.97. The van der Waals surface area contributed by atoms with Gasteiger partial charge in [-0.2, -0.15) is 0 Å². The maximum Gasteiger partial charge on any atom is 0.408 e. The Morgan fingerprint density at radius 3 is 2.62 bits per heavy atom. The van der Waals surface area contributed by atoms with Crippen molar-refractivity contribution >= 4 is 6.09 Å². The number of rotatable bonds is 3. The summed E-state index contributed by atoms with van der Waals surface area (Å²) in [6.45, 7) is 0. The lowest BCUT2D eigenvalue weighted by Gasteiger charge is -2.19. The second-order valence-electron chi connectivity index (χ2n) is 6.44. The van der Waals surface area contributed by atoms with Gasteiger partial charge in [0.25, 0.3) is 0 Å². The number of carbonyl (C=O) groups is 1. The fraction of sp³-hybridized carbons (Fsp3) is 0.130. The fourth-order valence-electron chi connectivity index (χ4n) is 3.20. The number of cyclic esters (lactones) is 1. The Morgan fingerprint density at radius 1 is 1.07 bits per heavy atom. The van der Waals surface area contributed by atoms with E-state index in [9.17, 15) is 9.18 Å². The lowest BCUT2D eigenvalue weighted by molar-refractivity contribution is 0.131. The summed E-state index contributed by atoms with van der Waals surface area (Å²) >= 11 is 0. The van der Waals surface area contributed by atoms with Crippen LogP contribution >= 0.6 is 0 Å². The topological polar surface area (TPSA) is 60.5 Å². The van der Waals surface area contributed by atoms with E-state index in [2.05, 4.69) is 22.1 Å². The average Bonchev–Trinajstić information content (AvgIpc) is 3.14. The molecule has 1 amide bonds. The van der Waals surface area contributed by atoms with Gasteiger partial charge >= 0.3 is 6.09 Å². The van der Waals surface area contributed by atoms with E-state index in [1.54, 1.807) is 24.4 Å². The lowest BCUT2D eigenvalue weighted by atomic mass is 9.96. The Bertz CT molecular complexity index is 1110. The highest BCUT2D eigenvalue weighted by Crippen LogP contribution is 2.39. The molecule has 1 aromatic heterocycles. The number of nitrogens with zero attached hydrogens (tertiary/aromatic N) is 1. The number of halogens is 1. The molecular weight excluding hydrogens is 371 g/mol. The van der Waals surface area contributed by atoms with Crippen molar-refractivity contribution in [3.8, 4) is 17.7 Å². The van der Waals surface area contributed by atoms with Crippen molar-refractivity contribution in [2.24, 2.45) is 0 Å². The highest BCUT2D eigenvalue weighted by atomic mass is 19.1. The molecule has 2 heterocycles. The SMILES string of the molecule is COc1ncc(C#Cc2ccccc2)cc1[C@H]1NC(=O)O[C@@H]1c1cccc(F)c1. The van der Waals surface area contributed by atoms with Crippen LogP contribution in [0.3, 0.4) is 0 Å². The van der Waals surface area contributed by atoms with Crippen LogP contribution in [0.5, 0.6) is 5.88 Å². The molecule has 1 aliphatic rings. The minimum absolute atomic E-state index is 0.340. The Balaban J connectivity index is 1.72. The van der Waals surface area contributed by atoms with Crippen LogP contribution in [0.15, 0.2) is 66.9 Å². The first-order valence-electron chi connectivity index (χ1n) is 8.97. The van der Waals surface area contributed by atoms with E-state index in [4.69, 9.17) is 9.47 Å². The standard InChI is InChI=1S/C23H17FN2O3/c1-28-22-19(12-16(14-25-22)11-10-15-6-3-2-4-7-15)20-21(29-23(27)26-20)17-8-5-9-18(24)13-17/h2-9,12-14,20-21H,1H3,(H,26,27)/t20-,21-/m1/s1. The normalized spacial score (nSPS) is 17.7. The number of benzene rings is 2. The molecule has 4 rings (SSSR count). The lowest BCUT2D eigenvalue weighted by Crippen LogP contribution is -2.20. The third kappa shape index (κ3) is 4.04. The number of ether oxygens (including phenoxy) is 2. The molecule has 0 saturated carbocycles. The van der Waals surface area contributed by atoms with Crippen LogP contribution in [0.25, 0.3) is 0 Å². The zero-order valence-corrected chi connectivity index (χ0v) is 15.6. The summed E-state index contributed by atoms with van der Waals surface area (Å²) in [5.41, 5.74) is 2.67. The van der Waals surface area contributed by atoms with E-state index in [0.717, 1.165) is 5.56 Å². The third-order valence-corrected chi connectivity index (χ3v) is 4.52. The van der Waals surface area contributed by atoms with Crippen molar-refractivity contribution in [1.82, 2.24) is 10.3 Å². The van der Waals surface area contributed by atoms with Gasteiger partial charge < -0.3 is 14.8 Å². The number of pyridine rings is 1. The van der Waals surface area contributed by atoms with Crippen molar-refractivity contribution in [3.63, 3.8) is 0 Å². The average molecular weight is 388 g/mol. The van der Waals surface area contributed by atoms with Gasteiger partial charge in [0.2, 0.25) is 5.88 Å². The number of methoxy groups -OCH3 is 1. The van der Waals surface area contributed by atoms with Crippen molar-refractivity contribution in [1.29, 1.82) is 0 Å². The van der Waals surface area contributed by atoms with E-state index in [1.807, 2.05) is 30.3 Å². The molecule has 0 aliphatic carbocycles. The molecular formula is C23H17FN2O3. The molecule has 0 bridgehead atoms. The van der Waals surface area contributed by atoms with Crippen molar-refractivity contribution < 1.29 is 18.7 Å². The first-order chi connectivity index (χ1) is 14.1. The van der Waals surface area contributed by atoms with Gasteiger partial charge in [0.1, 0.15) is 11.9 Å². The summed E-state index contributed by atoms with van der Waals surface area (Å²) in [5, 5.41) is 2.76. The molecule has 0 spiro atoms. The molecule has 144 valence electrons. The number of hydrogen-bond donors (Lipinski definition) is 1. The van der Waals surface area contributed by atoms with Crippen molar-refractivity contribution in [2.45, 2.75) is 12.1 Å². The quantitative estimate of drug-likeness (QED) is 0.685. The molecule has 1 fully saturated rings. The number of amides is 1. The maximum atomic E-state index is 13.7. The van der Waals surface area contributed by atoms with E-state index in [1.165, 1.54) is 19.2 Å². The predicted molar refractivity (Wildman–Crippen MR) is 105 cm³/mol. The third-order valence-electron chi connectivity index (χ3n) is 4.52. The van der Waals surface area contributed by atoms with Crippen LogP contribution in [0.4, 0.5) is 9.18 Å². The summed E-state index contributed by atoms with van der Waals surface area (Å²) in [6.07, 6.45) is 0.297. The highest BCUT2D eigenvalue weighted by Gasteiger charge is 2.38. The number of alkyl carbamates (subject to hydrolysis) is 1. The Labute approximate surface area is 167 Å². The second-order valence-corrected chi connectivity index (χ2v) is 6.44. The summed E-state index contributed by atoms with van der Waals surface area (Å²) in [6, 6.07) is 16.7. The first kappa shape index (κ1) is 18.5. The summed E-state index contributed by atoms with van der Waals surface area (Å²) in [5.74, 6) is 6.08.